The monoisotopic (exact) mass is 427 g/mol. The summed E-state index contributed by atoms with van der Waals surface area (Å²) in [4.78, 5) is 0. The molecule has 3 rings (SSSR count). The van der Waals surface area contributed by atoms with Crippen molar-refractivity contribution in [3.63, 3.8) is 0 Å². The molecule has 178 valence electrons. The molecule has 3 aliphatic carbocycles. The fourth-order valence-electron chi connectivity index (χ4n) is 7.69. The SMILES string of the molecule is CCCCCCC1(C#N)CCC(C2CCC(C3CCC(CCCCC)CC3)CC2)CC1. The number of hydrogen-bond donors (Lipinski definition) is 0. The van der Waals surface area contributed by atoms with Crippen molar-refractivity contribution in [2.75, 3.05) is 0 Å². The van der Waals surface area contributed by atoms with E-state index in [2.05, 4.69) is 19.9 Å². The second kappa shape index (κ2) is 13.3. The van der Waals surface area contributed by atoms with Gasteiger partial charge in [-0.25, -0.2) is 0 Å². The Morgan fingerprint density at radius 3 is 1.61 bits per heavy atom. The molecule has 0 unspecified atom stereocenters. The molecule has 0 radical (unpaired) electrons. The van der Waals surface area contributed by atoms with Gasteiger partial charge in [0.25, 0.3) is 0 Å². The summed E-state index contributed by atoms with van der Waals surface area (Å²) >= 11 is 0. The summed E-state index contributed by atoms with van der Waals surface area (Å²) in [6.45, 7) is 4.61. The van der Waals surface area contributed by atoms with Crippen molar-refractivity contribution < 1.29 is 0 Å². The van der Waals surface area contributed by atoms with Crippen LogP contribution in [0.5, 0.6) is 0 Å². The second-order valence-electron chi connectivity index (χ2n) is 12.0. The van der Waals surface area contributed by atoms with Gasteiger partial charge in [0.05, 0.1) is 11.5 Å². The van der Waals surface area contributed by atoms with Gasteiger partial charge in [0, 0.05) is 0 Å². The van der Waals surface area contributed by atoms with Crippen LogP contribution in [0.3, 0.4) is 0 Å². The molecule has 0 saturated heterocycles. The zero-order chi connectivity index (χ0) is 21.9. The minimum atomic E-state index is 0.0389. The maximum absolute atomic E-state index is 9.90. The van der Waals surface area contributed by atoms with Crippen LogP contribution >= 0.6 is 0 Å². The molecule has 0 bridgehead atoms. The first-order chi connectivity index (χ1) is 15.2. The van der Waals surface area contributed by atoms with E-state index in [1.807, 2.05) is 0 Å². The topological polar surface area (TPSA) is 23.8 Å². The van der Waals surface area contributed by atoms with Crippen molar-refractivity contribution in [1.29, 1.82) is 5.26 Å². The van der Waals surface area contributed by atoms with Crippen LogP contribution in [-0.2, 0) is 0 Å². The summed E-state index contributed by atoms with van der Waals surface area (Å²) in [6, 6.07) is 2.79. The van der Waals surface area contributed by atoms with E-state index in [0.717, 1.165) is 29.6 Å². The van der Waals surface area contributed by atoms with E-state index in [-0.39, 0.29) is 5.41 Å². The lowest BCUT2D eigenvalue weighted by atomic mass is 9.62. The summed E-state index contributed by atoms with van der Waals surface area (Å²) in [7, 11) is 0. The van der Waals surface area contributed by atoms with E-state index in [9.17, 15) is 5.26 Å². The summed E-state index contributed by atoms with van der Waals surface area (Å²) < 4.78 is 0. The van der Waals surface area contributed by atoms with Gasteiger partial charge in [-0.2, -0.15) is 5.26 Å². The summed E-state index contributed by atoms with van der Waals surface area (Å²) in [5.74, 6) is 5.09. The van der Waals surface area contributed by atoms with Crippen LogP contribution in [0.15, 0.2) is 0 Å². The fourth-order valence-corrected chi connectivity index (χ4v) is 7.69. The number of hydrogen-bond acceptors (Lipinski definition) is 1. The van der Waals surface area contributed by atoms with Gasteiger partial charge in [-0.05, 0) is 100 Å². The lowest BCUT2D eigenvalue weighted by Crippen LogP contribution is -2.32. The molecule has 0 spiro atoms. The van der Waals surface area contributed by atoms with Gasteiger partial charge >= 0.3 is 0 Å². The van der Waals surface area contributed by atoms with Crippen molar-refractivity contribution in [2.24, 2.45) is 35.0 Å². The van der Waals surface area contributed by atoms with E-state index in [4.69, 9.17) is 0 Å². The zero-order valence-electron chi connectivity index (χ0n) is 21.2. The standard InChI is InChI=1S/C30H53N/c1-3-5-7-9-21-30(24-31)22-19-29(20-23-30)28-17-15-27(16-18-28)26-13-11-25(12-14-26)10-8-6-4-2/h25-29H,3-23H2,1-2H3. The fraction of sp³-hybridized carbons (Fsp3) is 0.967. The van der Waals surface area contributed by atoms with Gasteiger partial charge in [0.1, 0.15) is 0 Å². The van der Waals surface area contributed by atoms with Crippen molar-refractivity contribution in [1.82, 2.24) is 0 Å². The zero-order valence-corrected chi connectivity index (χ0v) is 21.2. The quantitative estimate of drug-likeness (QED) is 0.301. The first kappa shape index (κ1) is 25.1. The van der Waals surface area contributed by atoms with Crippen LogP contribution in [0, 0.1) is 46.3 Å². The van der Waals surface area contributed by atoms with Crippen LogP contribution in [-0.4, -0.2) is 0 Å². The Morgan fingerprint density at radius 1 is 0.613 bits per heavy atom. The Hall–Kier alpha value is -0.510. The molecule has 0 aromatic heterocycles. The molecular formula is C30H53N. The van der Waals surface area contributed by atoms with Crippen molar-refractivity contribution in [2.45, 2.75) is 149 Å². The highest BCUT2D eigenvalue weighted by Gasteiger charge is 2.39. The molecule has 0 N–H and O–H groups in total. The van der Waals surface area contributed by atoms with Crippen molar-refractivity contribution in [3.05, 3.63) is 0 Å². The summed E-state index contributed by atoms with van der Waals surface area (Å²) in [5.41, 5.74) is 0.0389. The average Bonchev–Trinajstić information content (AvgIpc) is 2.83. The van der Waals surface area contributed by atoms with Crippen LogP contribution in [0.1, 0.15) is 149 Å². The summed E-state index contributed by atoms with van der Waals surface area (Å²) in [6.07, 6.45) is 29.5. The predicted octanol–water partition coefficient (Wildman–Crippen LogP) is 9.85. The lowest BCUT2D eigenvalue weighted by Gasteiger charge is -2.43. The van der Waals surface area contributed by atoms with Crippen molar-refractivity contribution in [3.8, 4) is 6.07 Å². The van der Waals surface area contributed by atoms with Crippen LogP contribution in [0.4, 0.5) is 0 Å². The molecule has 1 nitrogen and oxygen atoms in total. The summed E-state index contributed by atoms with van der Waals surface area (Å²) in [5, 5.41) is 9.90. The minimum Gasteiger partial charge on any atom is -0.198 e. The van der Waals surface area contributed by atoms with Crippen LogP contribution < -0.4 is 0 Å². The normalized spacial score (nSPS) is 36.7. The maximum atomic E-state index is 9.90. The van der Waals surface area contributed by atoms with E-state index in [1.165, 1.54) is 135 Å². The third-order valence-electron chi connectivity index (χ3n) is 9.99. The number of rotatable bonds is 11. The molecule has 0 heterocycles. The second-order valence-corrected chi connectivity index (χ2v) is 12.0. The molecule has 3 aliphatic rings. The molecule has 0 atom stereocenters. The van der Waals surface area contributed by atoms with Gasteiger partial charge in [-0.15, -0.1) is 0 Å². The Kier molecular flexibility index (Phi) is 10.7. The van der Waals surface area contributed by atoms with Crippen molar-refractivity contribution >= 4 is 0 Å². The molecule has 0 aliphatic heterocycles. The molecule has 0 aromatic carbocycles. The van der Waals surface area contributed by atoms with Crippen LogP contribution in [0.25, 0.3) is 0 Å². The predicted molar refractivity (Wildman–Crippen MR) is 134 cm³/mol. The molecule has 0 amide bonds. The van der Waals surface area contributed by atoms with E-state index in [0.29, 0.717) is 0 Å². The number of nitriles is 1. The van der Waals surface area contributed by atoms with Gasteiger partial charge in [0.15, 0.2) is 0 Å². The highest BCUT2D eigenvalue weighted by molar-refractivity contribution is 5.02. The Morgan fingerprint density at radius 2 is 1.10 bits per heavy atom. The van der Waals surface area contributed by atoms with E-state index < -0.39 is 0 Å². The number of unbranched alkanes of at least 4 members (excludes halogenated alkanes) is 5. The third-order valence-corrected chi connectivity index (χ3v) is 9.99. The number of nitrogens with zero attached hydrogens (tertiary/aromatic N) is 1. The first-order valence-electron chi connectivity index (χ1n) is 14.6. The minimum absolute atomic E-state index is 0.0389. The van der Waals surface area contributed by atoms with Gasteiger partial charge < -0.3 is 0 Å². The molecule has 3 saturated carbocycles. The Bertz CT molecular complexity index is 507. The molecule has 1 heteroatoms. The van der Waals surface area contributed by atoms with Gasteiger partial charge in [0.2, 0.25) is 0 Å². The Labute approximate surface area is 195 Å². The largest absolute Gasteiger partial charge is 0.198 e. The average molecular weight is 428 g/mol. The van der Waals surface area contributed by atoms with Gasteiger partial charge in [-0.3, -0.25) is 0 Å². The molecule has 0 aromatic rings. The highest BCUT2D eigenvalue weighted by Crippen LogP contribution is 2.49. The molecule has 31 heavy (non-hydrogen) atoms. The smallest absolute Gasteiger partial charge is 0.0689 e. The maximum Gasteiger partial charge on any atom is 0.0689 e. The van der Waals surface area contributed by atoms with E-state index >= 15 is 0 Å². The van der Waals surface area contributed by atoms with Crippen LogP contribution in [0.2, 0.25) is 0 Å². The van der Waals surface area contributed by atoms with E-state index in [1.54, 1.807) is 0 Å². The van der Waals surface area contributed by atoms with Gasteiger partial charge in [-0.1, -0.05) is 78.1 Å². The molecular weight excluding hydrogens is 374 g/mol. The Balaban J connectivity index is 1.34. The lowest BCUT2D eigenvalue weighted by molar-refractivity contribution is 0.0897. The third kappa shape index (κ3) is 7.51. The highest BCUT2D eigenvalue weighted by atomic mass is 14.5. The molecule has 3 fully saturated rings. The first-order valence-corrected chi connectivity index (χ1v) is 14.6.